The van der Waals surface area contributed by atoms with E-state index in [4.69, 9.17) is 11.6 Å². The summed E-state index contributed by atoms with van der Waals surface area (Å²) in [5, 5.41) is 9.40. The molecule has 0 aliphatic heterocycles. The van der Waals surface area contributed by atoms with Gasteiger partial charge in [-0.05, 0) is 29.8 Å². The Morgan fingerprint density at radius 1 is 0.958 bits per heavy atom. The summed E-state index contributed by atoms with van der Waals surface area (Å²) in [7, 11) is 0. The van der Waals surface area contributed by atoms with Crippen LogP contribution >= 0.6 is 11.6 Å². The van der Waals surface area contributed by atoms with E-state index in [-0.39, 0.29) is 0 Å². The van der Waals surface area contributed by atoms with E-state index in [0.29, 0.717) is 6.54 Å². The van der Waals surface area contributed by atoms with Crippen molar-refractivity contribution in [2.75, 3.05) is 5.32 Å². The maximum atomic E-state index is 5.92. The summed E-state index contributed by atoms with van der Waals surface area (Å²) in [6, 6.07) is 17.6. The zero-order valence-electron chi connectivity index (χ0n) is 12.7. The molecule has 118 valence electrons. The fourth-order valence-corrected chi connectivity index (χ4v) is 2.66. The van der Waals surface area contributed by atoms with Crippen LogP contribution in [0.2, 0.25) is 5.02 Å². The molecule has 0 spiro atoms. The van der Waals surface area contributed by atoms with E-state index >= 15 is 0 Å². The van der Waals surface area contributed by atoms with Gasteiger partial charge in [0.05, 0.1) is 17.3 Å². The molecule has 1 N–H and O–H groups in total. The Kier molecular flexibility index (Phi) is 3.84. The first kappa shape index (κ1) is 14.7. The second-order valence-electron chi connectivity index (χ2n) is 5.33. The molecule has 0 saturated heterocycles. The van der Waals surface area contributed by atoms with E-state index in [2.05, 4.69) is 20.4 Å². The Labute approximate surface area is 143 Å². The largest absolute Gasteiger partial charge is 0.365 e. The number of nitrogens with zero attached hydrogens (tertiary/aromatic N) is 4. The van der Waals surface area contributed by atoms with E-state index in [9.17, 15) is 0 Å². The van der Waals surface area contributed by atoms with Crippen molar-refractivity contribution >= 4 is 28.5 Å². The zero-order chi connectivity index (χ0) is 16.4. The maximum Gasteiger partial charge on any atom is 0.168 e. The Hall–Kier alpha value is -2.92. The number of anilines is 1. The van der Waals surface area contributed by atoms with Gasteiger partial charge in [0.2, 0.25) is 0 Å². The van der Waals surface area contributed by atoms with Crippen molar-refractivity contribution in [2.45, 2.75) is 6.54 Å². The molecule has 0 radical (unpaired) electrons. The number of aromatic nitrogens is 4. The van der Waals surface area contributed by atoms with Gasteiger partial charge in [-0.15, -0.1) is 0 Å². The van der Waals surface area contributed by atoms with Gasteiger partial charge in [0.15, 0.2) is 5.65 Å². The van der Waals surface area contributed by atoms with Crippen LogP contribution in [0.3, 0.4) is 0 Å². The fraction of sp³-hybridized carbons (Fsp3) is 0.0556. The molecular formula is C18H14ClN5. The first-order valence-electron chi connectivity index (χ1n) is 7.54. The van der Waals surface area contributed by atoms with Crippen LogP contribution in [0.1, 0.15) is 5.56 Å². The molecule has 5 nitrogen and oxygen atoms in total. The maximum absolute atomic E-state index is 5.92. The Morgan fingerprint density at radius 3 is 2.54 bits per heavy atom. The SMILES string of the molecule is Clc1ccc(CNc2ncnc3c2cnn3-c2ccccc2)cc1. The van der Waals surface area contributed by atoms with Crippen LogP contribution in [-0.4, -0.2) is 19.7 Å². The molecule has 2 aromatic carbocycles. The standard InChI is InChI=1S/C18H14ClN5/c19-14-8-6-13(7-9-14)10-20-17-16-11-23-24(18(16)22-12-21-17)15-4-2-1-3-5-15/h1-9,11-12H,10H2,(H,20,21,22). The lowest BCUT2D eigenvalue weighted by Gasteiger charge is -2.07. The molecule has 24 heavy (non-hydrogen) atoms. The molecule has 4 aromatic rings. The van der Waals surface area contributed by atoms with E-state index < -0.39 is 0 Å². The van der Waals surface area contributed by atoms with E-state index in [0.717, 1.165) is 33.1 Å². The minimum Gasteiger partial charge on any atom is -0.365 e. The van der Waals surface area contributed by atoms with E-state index in [1.807, 2.05) is 59.3 Å². The third-order valence-electron chi connectivity index (χ3n) is 3.74. The monoisotopic (exact) mass is 335 g/mol. The van der Waals surface area contributed by atoms with E-state index in [1.165, 1.54) is 0 Å². The van der Waals surface area contributed by atoms with Crippen molar-refractivity contribution in [3.05, 3.63) is 77.7 Å². The summed E-state index contributed by atoms with van der Waals surface area (Å²) in [6.45, 7) is 0.653. The molecule has 0 atom stereocenters. The number of rotatable bonds is 4. The number of benzene rings is 2. The van der Waals surface area contributed by atoms with Crippen LogP contribution in [-0.2, 0) is 6.54 Å². The number of para-hydroxylation sites is 1. The van der Waals surface area contributed by atoms with Crippen LogP contribution in [0.25, 0.3) is 16.7 Å². The summed E-state index contributed by atoms with van der Waals surface area (Å²) < 4.78 is 1.81. The molecule has 2 heterocycles. The van der Waals surface area contributed by atoms with Crippen LogP contribution in [0.5, 0.6) is 0 Å². The third-order valence-corrected chi connectivity index (χ3v) is 3.99. The lowest BCUT2D eigenvalue weighted by Crippen LogP contribution is -2.03. The van der Waals surface area contributed by atoms with Crippen LogP contribution in [0.15, 0.2) is 67.1 Å². The van der Waals surface area contributed by atoms with E-state index in [1.54, 1.807) is 12.5 Å². The minimum atomic E-state index is 0.653. The van der Waals surface area contributed by atoms with Gasteiger partial charge in [-0.1, -0.05) is 41.9 Å². The summed E-state index contributed by atoms with van der Waals surface area (Å²) >= 11 is 5.92. The molecule has 0 aliphatic rings. The highest BCUT2D eigenvalue weighted by Gasteiger charge is 2.10. The second kappa shape index (κ2) is 6.29. The third kappa shape index (κ3) is 2.81. The van der Waals surface area contributed by atoms with Gasteiger partial charge in [0.25, 0.3) is 0 Å². The molecule has 0 unspecified atom stereocenters. The average molecular weight is 336 g/mol. The quantitative estimate of drug-likeness (QED) is 0.610. The number of nitrogens with one attached hydrogen (secondary N) is 1. The molecule has 0 aliphatic carbocycles. The van der Waals surface area contributed by atoms with Crippen molar-refractivity contribution in [1.29, 1.82) is 0 Å². The predicted octanol–water partition coefficient (Wildman–Crippen LogP) is 4.08. The summed E-state index contributed by atoms with van der Waals surface area (Å²) in [5.41, 5.74) is 2.87. The summed E-state index contributed by atoms with van der Waals surface area (Å²) in [4.78, 5) is 8.72. The lowest BCUT2D eigenvalue weighted by molar-refractivity contribution is 0.895. The van der Waals surface area contributed by atoms with Gasteiger partial charge in [-0.25, -0.2) is 14.6 Å². The van der Waals surface area contributed by atoms with Gasteiger partial charge >= 0.3 is 0 Å². The van der Waals surface area contributed by atoms with Gasteiger partial charge in [0.1, 0.15) is 12.1 Å². The zero-order valence-corrected chi connectivity index (χ0v) is 13.5. The first-order valence-corrected chi connectivity index (χ1v) is 7.91. The Bertz CT molecular complexity index is 964. The Balaban J connectivity index is 1.65. The highest BCUT2D eigenvalue weighted by atomic mass is 35.5. The van der Waals surface area contributed by atoms with Gasteiger partial charge in [0, 0.05) is 11.6 Å². The molecular weight excluding hydrogens is 322 g/mol. The van der Waals surface area contributed by atoms with Gasteiger partial charge in [-0.2, -0.15) is 5.10 Å². The average Bonchev–Trinajstić information content (AvgIpc) is 3.07. The molecule has 4 rings (SSSR count). The van der Waals surface area contributed by atoms with Crippen LogP contribution in [0, 0.1) is 0 Å². The molecule has 0 saturated carbocycles. The topological polar surface area (TPSA) is 55.6 Å². The first-order chi connectivity index (χ1) is 11.8. The molecule has 6 heteroatoms. The fourth-order valence-electron chi connectivity index (χ4n) is 2.53. The number of hydrogen-bond acceptors (Lipinski definition) is 4. The predicted molar refractivity (Wildman–Crippen MR) is 95.4 cm³/mol. The van der Waals surface area contributed by atoms with Crippen molar-refractivity contribution in [3.63, 3.8) is 0 Å². The molecule has 0 bridgehead atoms. The molecule has 2 aromatic heterocycles. The van der Waals surface area contributed by atoms with Gasteiger partial charge in [-0.3, -0.25) is 0 Å². The smallest absolute Gasteiger partial charge is 0.168 e. The van der Waals surface area contributed by atoms with Crippen molar-refractivity contribution < 1.29 is 0 Å². The molecule has 0 fully saturated rings. The Morgan fingerprint density at radius 2 is 1.75 bits per heavy atom. The molecule has 0 amide bonds. The lowest BCUT2D eigenvalue weighted by atomic mass is 10.2. The van der Waals surface area contributed by atoms with Crippen molar-refractivity contribution in [2.24, 2.45) is 0 Å². The number of halogens is 1. The summed E-state index contributed by atoms with van der Waals surface area (Å²) in [5.74, 6) is 0.761. The number of hydrogen-bond donors (Lipinski definition) is 1. The van der Waals surface area contributed by atoms with Gasteiger partial charge < -0.3 is 5.32 Å². The van der Waals surface area contributed by atoms with Crippen LogP contribution < -0.4 is 5.32 Å². The normalized spacial score (nSPS) is 10.9. The van der Waals surface area contributed by atoms with Crippen molar-refractivity contribution in [1.82, 2.24) is 19.7 Å². The highest BCUT2D eigenvalue weighted by Crippen LogP contribution is 2.22. The minimum absolute atomic E-state index is 0.653. The second-order valence-corrected chi connectivity index (χ2v) is 5.77. The summed E-state index contributed by atoms with van der Waals surface area (Å²) in [6.07, 6.45) is 3.33. The highest BCUT2D eigenvalue weighted by molar-refractivity contribution is 6.30. The van der Waals surface area contributed by atoms with Crippen LogP contribution in [0.4, 0.5) is 5.82 Å². The van der Waals surface area contributed by atoms with Crippen molar-refractivity contribution in [3.8, 4) is 5.69 Å². The number of fused-ring (bicyclic) bond motifs is 1.